The van der Waals surface area contributed by atoms with E-state index in [0.717, 1.165) is 56.2 Å². The van der Waals surface area contributed by atoms with Gasteiger partial charge in [0, 0.05) is 21.8 Å². The fourth-order valence-electron chi connectivity index (χ4n) is 5.02. The fraction of sp³-hybridized carbons (Fsp3) is 0.692. The van der Waals surface area contributed by atoms with Crippen molar-refractivity contribution in [1.82, 2.24) is 0 Å². The molecule has 3 N–H and O–H groups in total. The Kier molecular flexibility index (Phi) is 8.18. The topological polar surface area (TPSA) is 86.6 Å². The van der Waals surface area contributed by atoms with Crippen molar-refractivity contribution in [2.75, 3.05) is 5.32 Å². The van der Waals surface area contributed by atoms with Crippen LogP contribution in [0.4, 0.5) is 5.69 Å². The molecule has 2 aliphatic carbocycles. The van der Waals surface area contributed by atoms with Crippen LogP contribution in [0.3, 0.4) is 0 Å². The average molecular weight is 462 g/mol. The Hall–Kier alpha value is -1.69. The van der Waals surface area contributed by atoms with Crippen molar-refractivity contribution in [3.05, 3.63) is 12.1 Å². The minimum Gasteiger partial charge on any atom is -0.504 e. The molecule has 0 saturated heterocycles. The molecule has 0 spiro atoms. The molecule has 32 heavy (non-hydrogen) atoms. The molecule has 0 aromatic heterocycles. The van der Waals surface area contributed by atoms with Crippen LogP contribution in [-0.2, 0) is 9.59 Å². The Morgan fingerprint density at radius 1 is 1.00 bits per heavy atom. The normalized spacial score (nSPS) is 19.5. The first-order valence-electron chi connectivity index (χ1n) is 12.2. The Bertz CT molecular complexity index is 818. The summed E-state index contributed by atoms with van der Waals surface area (Å²) < 4.78 is 0. The van der Waals surface area contributed by atoms with Crippen LogP contribution in [0.2, 0.25) is 0 Å². The number of hydrogen-bond donors (Lipinski definition) is 3. The minimum atomic E-state index is -0.565. The highest BCUT2D eigenvalue weighted by atomic mass is 32.2. The number of thioether (sulfide) groups is 1. The van der Waals surface area contributed by atoms with Crippen molar-refractivity contribution < 1.29 is 19.8 Å². The quantitative estimate of drug-likeness (QED) is 0.241. The molecular formula is C26H39NO4S. The summed E-state index contributed by atoms with van der Waals surface area (Å²) >= 11 is 0.999. The molecule has 178 valence electrons. The number of phenolic OH excluding ortho intramolecular Hbond substituents is 2. The van der Waals surface area contributed by atoms with Gasteiger partial charge in [0.1, 0.15) is 0 Å². The van der Waals surface area contributed by atoms with Gasteiger partial charge in [-0.25, -0.2) is 0 Å². The van der Waals surface area contributed by atoms with Gasteiger partial charge in [0.25, 0.3) is 0 Å². The second-order valence-corrected chi connectivity index (χ2v) is 11.8. The van der Waals surface area contributed by atoms with Gasteiger partial charge in [-0.15, -0.1) is 0 Å². The van der Waals surface area contributed by atoms with Gasteiger partial charge in [-0.2, -0.15) is 0 Å². The SMILES string of the molecule is CC(C)(C)C(=O)Sc1cc(O)c(O)cc1NC(=O)C1(CCC2CCCCC2)CCCCC1. The Labute approximate surface area is 196 Å². The van der Waals surface area contributed by atoms with Crippen LogP contribution in [0.5, 0.6) is 11.5 Å². The first kappa shape index (κ1) is 24.9. The lowest BCUT2D eigenvalue weighted by Gasteiger charge is -2.37. The third kappa shape index (κ3) is 6.21. The molecule has 0 unspecified atom stereocenters. The molecule has 0 bridgehead atoms. The molecule has 2 saturated carbocycles. The van der Waals surface area contributed by atoms with E-state index in [1.54, 1.807) is 0 Å². The van der Waals surface area contributed by atoms with Gasteiger partial charge in [0.2, 0.25) is 5.91 Å². The van der Waals surface area contributed by atoms with Crippen molar-refractivity contribution in [3.63, 3.8) is 0 Å². The number of carbonyl (C=O) groups is 2. The highest BCUT2D eigenvalue weighted by Crippen LogP contribution is 2.45. The molecule has 2 aliphatic rings. The molecule has 0 atom stereocenters. The summed E-state index contributed by atoms with van der Waals surface area (Å²) in [5.74, 6) is 0.122. The van der Waals surface area contributed by atoms with Gasteiger partial charge < -0.3 is 15.5 Å². The van der Waals surface area contributed by atoms with E-state index in [-0.39, 0.29) is 27.9 Å². The van der Waals surface area contributed by atoms with Gasteiger partial charge in [0.15, 0.2) is 16.6 Å². The molecule has 3 rings (SSSR count). The van der Waals surface area contributed by atoms with E-state index < -0.39 is 5.41 Å². The minimum absolute atomic E-state index is 0.0110. The third-order valence-corrected chi connectivity index (χ3v) is 8.54. The Balaban J connectivity index is 1.80. The first-order valence-corrected chi connectivity index (χ1v) is 13.0. The number of rotatable bonds is 6. The second kappa shape index (κ2) is 10.5. The van der Waals surface area contributed by atoms with Crippen LogP contribution in [0.15, 0.2) is 17.0 Å². The highest BCUT2D eigenvalue weighted by Gasteiger charge is 2.40. The lowest BCUT2D eigenvalue weighted by molar-refractivity contribution is -0.128. The number of phenols is 2. The molecule has 1 aromatic rings. The van der Waals surface area contributed by atoms with E-state index in [1.165, 1.54) is 50.7 Å². The monoisotopic (exact) mass is 461 g/mol. The van der Waals surface area contributed by atoms with E-state index in [2.05, 4.69) is 5.32 Å². The van der Waals surface area contributed by atoms with Gasteiger partial charge in [-0.05, 0) is 49.4 Å². The number of carbonyl (C=O) groups excluding carboxylic acids is 2. The Morgan fingerprint density at radius 3 is 2.22 bits per heavy atom. The van der Waals surface area contributed by atoms with Gasteiger partial charge in [0.05, 0.1) is 5.69 Å². The number of nitrogens with one attached hydrogen (secondary N) is 1. The zero-order valence-electron chi connectivity index (χ0n) is 19.8. The maximum Gasteiger partial charge on any atom is 0.230 e. The molecule has 0 aliphatic heterocycles. The maximum absolute atomic E-state index is 13.6. The number of amides is 1. The number of benzene rings is 1. The molecule has 0 heterocycles. The summed E-state index contributed by atoms with van der Waals surface area (Å²) in [7, 11) is 0. The van der Waals surface area contributed by atoms with Crippen LogP contribution >= 0.6 is 11.8 Å². The smallest absolute Gasteiger partial charge is 0.230 e. The zero-order chi connectivity index (χ0) is 23.4. The molecule has 1 amide bonds. The average Bonchev–Trinajstić information content (AvgIpc) is 2.76. The van der Waals surface area contributed by atoms with E-state index in [4.69, 9.17) is 0 Å². The number of hydrogen-bond acceptors (Lipinski definition) is 5. The zero-order valence-corrected chi connectivity index (χ0v) is 20.7. The van der Waals surface area contributed by atoms with E-state index >= 15 is 0 Å². The third-order valence-electron chi connectivity index (χ3n) is 7.19. The number of anilines is 1. The summed E-state index contributed by atoms with van der Waals surface area (Å²) in [6.45, 7) is 5.51. The standard InChI is InChI=1S/C26H39NO4S/c1-25(2,3)24(31)32-22-17-21(29)20(28)16-19(22)27-23(30)26(13-8-5-9-14-26)15-12-18-10-6-4-7-11-18/h16-18,28-29H,4-15H2,1-3H3,(H,27,30). The van der Waals surface area contributed by atoms with E-state index in [1.807, 2.05) is 20.8 Å². The second-order valence-electron chi connectivity index (χ2n) is 10.8. The largest absolute Gasteiger partial charge is 0.504 e. The van der Waals surface area contributed by atoms with Gasteiger partial charge >= 0.3 is 0 Å². The van der Waals surface area contributed by atoms with Crippen LogP contribution < -0.4 is 5.32 Å². The molecule has 5 nitrogen and oxygen atoms in total. The summed E-state index contributed by atoms with van der Waals surface area (Å²) in [5, 5.41) is 23.1. The summed E-state index contributed by atoms with van der Waals surface area (Å²) in [5.41, 5.74) is -0.557. The van der Waals surface area contributed by atoms with Crippen molar-refractivity contribution in [1.29, 1.82) is 0 Å². The molecule has 2 fully saturated rings. The lowest BCUT2D eigenvalue weighted by Crippen LogP contribution is -2.38. The molecular weight excluding hydrogens is 422 g/mol. The first-order chi connectivity index (χ1) is 15.1. The van der Waals surface area contributed by atoms with Crippen molar-refractivity contribution in [3.8, 4) is 11.5 Å². The van der Waals surface area contributed by atoms with Crippen LogP contribution in [0, 0.1) is 16.7 Å². The van der Waals surface area contributed by atoms with Crippen LogP contribution in [0.25, 0.3) is 0 Å². The van der Waals surface area contributed by atoms with Crippen molar-refractivity contribution in [2.45, 2.75) is 103 Å². The van der Waals surface area contributed by atoms with Crippen LogP contribution in [-0.4, -0.2) is 21.2 Å². The van der Waals surface area contributed by atoms with Gasteiger partial charge in [-0.3, -0.25) is 9.59 Å². The summed E-state index contributed by atoms with van der Waals surface area (Å²) in [6, 6.07) is 2.73. The Morgan fingerprint density at radius 2 is 1.59 bits per heavy atom. The highest BCUT2D eigenvalue weighted by molar-refractivity contribution is 8.13. The summed E-state index contributed by atoms with van der Waals surface area (Å²) in [6.07, 6.45) is 13.6. The molecule has 6 heteroatoms. The maximum atomic E-state index is 13.6. The fourth-order valence-corrected chi connectivity index (χ4v) is 5.92. The molecule has 0 radical (unpaired) electrons. The lowest BCUT2D eigenvalue weighted by atomic mass is 9.68. The number of aromatic hydroxyl groups is 2. The van der Waals surface area contributed by atoms with Crippen molar-refractivity contribution >= 4 is 28.5 Å². The van der Waals surface area contributed by atoms with Crippen molar-refractivity contribution in [2.24, 2.45) is 16.7 Å². The predicted molar refractivity (Wildman–Crippen MR) is 130 cm³/mol. The van der Waals surface area contributed by atoms with Crippen LogP contribution in [0.1, 0.15) is 97.8 Å². The predicted octanol–water partition coefficient (Wildman–Crippen LogP) is 7.01. The van der Waals surface area contributed by atoms with E-state index in [0.29, 0.717) is 10.6 Å². The summed E-state index contributed by atoms with van der Waals surface area (Å²) in [4.78, 5) is 26.7. The van der Waals surface area contributed by atoms with E-state index in [9.17, 15) is 19.8 Å². The molecule has 1 aromatic carbocycles. The van der Waals surface area contributed by atoms with Gasteiger partial charge in [-0.1, -0.05) is 72.1 Å².